The Bertz CT molecular complexity index is 1530. The van der Waals surface area contributed by atoms with Crippen LogP contribution in [0.4, 0.5) is 4.39 Å². The molecule has 0 spiro atoms. The number of piperidine rings is 1. The van der Waals surface area contributed by atoms with E-state index in [4.69, 9.17) is 26.1 Å². The molecule has 1 aromatic heterocycles. The standard InChI is InChI=1S/C30H36ClFN4O6S2/c1-3-42-24(37)16-18-4-7-21(8-5-18)44(39,40)36-13-10-19(11-14-36)26-25(30(38)41-2)27(22-9-6-20(32)17-23(22)31)35-28(34-26)29-33-12-15-43-29/h6,9,12,15,17-19,21,27H,3-5,7-8,10-11,13-14,16H2,1-2H3,(H,34,35). The number of carbonyl (C=O) groups is 2. The molecule has 0 amide bonds. The summed E-state index contributed by atoms with van der Waals surface area (Å²) in [6, 6.07) is 3.08. The summed E-state index contributed by atoms with van der Waals surface area (Å²) in [5.41, 5.74) is 1.28. The zero-order valence-corrected chi connectivity index (χ0v) is 27.0. The molecule has 14 heteroatoms. The topological polar surface area (TPSA) is 127 Å². The van der Waals surface area contributed by atoms with Gasteiger partial charge < -0.3 is 14.8 Å². The monoisotopic (exact) mass is 666 g/mol. The summed E-state index contributed by atoms with van der Waals surface area (Å²) in [5, 5.41) is 5.38. The maximum absolute atomic E-state index is 14.0. The van der Waals surface area contributed by atoms with Crippen molar-refractivity contribution in [1.82, 2.24) is 14.6 Å². The van der Waals surface area contributed by atoms with Gasteiger partial charge in [0.05, 0.1) is 24.5 Å². The van der Waals surface area contributed by atoms with Crippen molar-refractivity contribution in [2.75, 3.05) is 26.8 Å². The number of nitrogens with one attached hydrogen (secondary N) is 1. The third-order valence-corrected chi connectivity index (χ3v) is 12.1. The normalized spacial score (nSPS) is 23.5. The molecule has 1 N–H and O–H groups in total. The maximum atomic E-state index is 14.0. The average Bonchev–Trinajstić information content (AvgIpc) is 3.56. The molecule has 1 aliphatic carbocycles. The van der Waals surface area contributed by atoms with Gasteiger partial charge >= 0.3 is 11.9 Å². The van der Waals surface area contributed by atoms with Gasteiger partial charge in [-0.3, -0.25) is 9.79 Å². The second kappa shape index (κ2) is 14.1. The average molecular weight is 667 g/mol. The number of aromatic nitrogens is 1. The molecule has 2 fully saturated rings. The Morgan fingerprint density at radius 2 is 1.89 bits per heavy atom. The van der Waals surface area contributed by atoms with Crippen molar-refractivity contribution < 1.29 is 31.9 Å². The fourth-order valence-electron chi connectivity index (χ4n) is 6.32. The number of halogens is 2. The van der Waals surface area contributed by atoms with Gasteiger partial charge in [-0.15, -0.1) is 11.3 Å². The Kier molecular flexibility index (Phi) is 10.4. The Morgan fingerprint density at radius 1 is 1.16 bits per heavy atom. The first-order chi connectivity index (χ1) is 21.1. The highest BCUT2D eigenvalue weighted by Gasteiger charge is 2.41. The van der Waals surface area contributed by atoms with Crippen LogP contribution in [0, 0.1) is 17.7 Å². The van der Waals surface area contributed by atoms with Gasteiger partial charge in [0.25, 0.3) is 0 Å². The molecule has 2 aromatic rings. The summed E-state index contributed by atoms with van der Waals surface area (Å²) in [4.78, 5) is 34.3. The third kappa shape index (κ3) is 7.00. The molecule has 1 saturated heterocycles. The van der Waals surface area contributed by atoms with E-state index in [0.717, 1.165) is 0 Å². The first-order valence-electron chi connectivity index (χ1n) is 14.8. The van der Waals surface area contributed by atoms with Crippen LogP contribution in [-0.2, 0) is 29.1 Å². The molecule has 5 rings (SSSR count). The van der Waals surface area contributed by atoms with Crippen molar-refractivity contribution in [3.05, 3.63) is 62.5 Å². The number of aliphatic imine (C=N–C) groups is 1. The third-order valence-electron chi connectivity index (χ3n) is 8.57. The van der Waals surface area contributed by atoms with E-state index < -0.39 is 33.1 Å². The number of ether oxygens (including phenoxy) is 2. The second-order valence-corrected chi connectivity index (χ2v) is 14.7. The van der Waals surface area contributed by atoms with Crippen molar-refractivity contribution in [3.63, 3.8) is 0 Å². The van der Waals surface area contributed by atoms with E-state index in [1.165, 1.54) is 36.6 Å². The van der Waals surface area contributed by atoms with Crippen LogP contribution in [0.5, 0.6) is 0 Å². The zero-order valence-electron chi connectivity index (χ0n) is 24.6. The van der Waals surface area contributed by atoms with Gasteiger partial charge in [0, 0.05) is 53.3 Å². The highest BCUT2D eigenvalue weighted by molar-refractivity contribution is 7.89. The SMILES string of the molecule is CCOC(=O)CC1CCC(S(=O)(=O)N2CCC(C3=C(C(=O)OC)C(c4ccc(F)cc4Cl)N=C(c4nccs4)N3)CC2)CC1. The molecular formula is C30H36ClFN4O6S2. The molecule has 3 heterocycles. The Hall–Kier alpha value is -2.87. The number of carbonyl (C=O) groups excluding carboxylic acids is 2. The summed E-state index contributed by atoms with van der Waals surface area (Å²) >= 11 is 7.83. The number of thiazole rings is 1. The highest BCUT2D eigenvalue weighted by atomic mass is 35.5. The number of methoxy groups -OCH3 is 1. The number of allylic oxidation sites excluding steroid dienone is 1. The number of hydrogen-bond acceptors (Lipinski definition) is 10. The molecule has 1 aromatic carbocycles. The first-order valence-corrected chi connectivity index (χ1v) is 17.5. The Balaban J connectivity index is 1.36. The molecule has 1 atom stereocenters. The number of benzene rings is 1. The van der Waals surface area contributed by atoms with Crippen LogP contribution in [-0.4, -0.2) is 67.5 Å². The quantitative estimate of drug-likeness (QED) is 0.370. The molecule has 2 aliphatic heterocycles. The lowest BCUT2D eigenvalue weighted by atomic mass is 9.86. The zero-order chi connectivity index (χ0) is 31.4. The van der Waals surface area contributed by atoms with E-state index in [1.54, 1.807) is 17.4 Å². The van der Waals surface area contributed by atoms with Crippen LogP contribution in [0.3, 0.4) is 0 Å². The Labute approximate surface area is 265 Å². The van der Waals surface area contributed by atoms with Crippen molar-refractivity contribution >= 4 is 50.7 Å². The predicted molar refractivity (Wildman–Crippen MR) is 165 cm³/mol. The number of rotatable bonds is 9. The molecule has 1 unspecified atom stereocenters. The molecule has 0 radical (unpaired) electrons. The highest BCUT2D eigenvalue weighted by Crippen LogP contribution is 2.41. The molecule has 10 nitrogen and oxygen atoms in total. The molecule has 238 valence electrons. The van der Waals surface area contributed by atoms with E-state index in [-0.39, 0.29) is 28.4 Å². The maximum Gasteiger partial charge on any atom is 0.338 e. The Morgan fingerprint density at radius 3 is 2.50 bits per heavy atom. The van der Waals surface area contributed by atoms with Crippen molar-refractivity contribution in [2.24, 2.45) is 16.8 Å². The summed E-state index contributed by atoms with van der Waals surface area (Å²) in [6.45, 7) is 2.70. The van der Waals surface area contributed by atoms with Gasteiger partial charge in [0.15, 0.2) is 10.8 Å². The van der Waals surface area contributed by atoms with Gasteiger partial charge in [0.1, 0.15) is 11.9 Å². The van der Waals surface area contributed by atoms with Crippen molar-refractivity contribution in [1.29, 1.82) is 0 Å². The summed E-state index contributed by atoms with van der Waals surface area (Å²) < 4.78 is 53.0. The minimum atomic E-state index is -3.54. The lowest BCUT2D eigenvalue weighted by Gasteiger charge is -2.38. The van der Waals surface area contributed by atoms with Crippen LogP contribution in [0.25, 0.3) is 0 Å². The molecule has 3 aliphatic rings. The van der Waals surface area contributed by atoms with Gasteiger partial charge in [0.2, 0.25) is 10.0 Å². The number of amidine groups is 1. The smallest absolute Gasteiger partial charge is 0.338 e. The van der Waals surface area contributed by atoms with Gasteiger partial charge in [-0.2, -0.15) is 0 Å². The lowest BCUT2D eigenvalue weighted by Crippen LogP contribution is -2.46. The number of hydrogen-bond donors (Lipinski definition) is 1. The second-order valence-electron chi connectivity index (χ2n) is 11.2. The number of esters is 2. The number of sulfonamides is 1. The van der Waals surface area contributed by atoms with Crippen LogP contribution in [0.15, 0.2) is 46.0 Å². The van der Waals surface area contributed by atoms with Crippen LogP contribution in [0.2, 0.25) is 5.02 Å². The molecule has 44 heavy (non-hydrogen) atoms. The number of nitrogens with zero attached hydrogens (tertiary/aromatic N) is 3. The van der Waals surface area contributed by atoms with E-state index in [9.17, 15) is 22.4 Å². The van der Waals surface area contributed by atoms with Crippen molar-refractivity contribution in [2.45, 2.75) is 63.2 Å². The molecular weight excluding hydrogens is 631 g/mol. The largest absolute Gasteiger partial charge is 0.466 e. The van der Waals surface area contributed by atoms with Gasteiger partial charge in [-0.05, 0) is 63.5 Å². The van der Waals surface area contributed by atoms with Crippen LogP contribution < -0.4 is 5.32 Å². The summed E-state index contributed by atoms with van der Waals surface area (Å²) in [7, 11) is -2.26. The van der Waals surface area contributed by atoms with E-state index in [2.05, 4.69) is 10.3 Å². The van der Waals surface area contributed by atoms with E-state index in [0.29, 0.717) is 86.7 Å². The molecule has 0 bridgehead atoms. The summed E-state index contributed by atoms with van der Waals surface area (Å²) in [5.74, 6) is -0.963. The fourth-order valence-corrected chi connectivity index (χ4v) is 9.19. The van der Waals surface area contributed by atoms with Gasteiger partial charge in [-0.1, -0.05) is 17.7 Å². The minimum Gasteiger partial charge on any atom is -0.466 e. The lowest BCUT2D eigenvalue weighted by molar-refractivity contribution is -0.144. The fraction of sp³-hybridized carbons (Fsp3) is 0.533. The summed E-state index contributed by atoms with van der Waals surface area (Å²) in [6.07, 6.45) is 5.28. The predicted octanol–water partition coefficient (Wildman–Crippen LogP) is 5.01. The van der Waals surface area contributed by atoms with E-state index in [1.807, 2.05) is 5.38 Å². The van der Waals surface area contributed by atoms with Crippen LogP contribution in [0.1, 0.15) is 68.5 Å². The first kappa shape index (κ1) is 32.5. The van der Waals surface area contributed by atoms with Crippen LogP contribution >= 0.6 is 22.9 Å². The minimum absolute atomic E-state index is 0.123. The molecule has 1 saturated carbocycles. The van der Waals surface area contributed by atoms with Crippen molar-refractivity contribution in [3.8, 4) is 0 Å². The van der Waals surface area contributed by atoms with Gasteiger partial charge in [-0.25, -0.2) is 26.9 Å². The van der Waals surface area contributed by atoms with E-state index >= 15 is 0 Å².